The van der Waals surface area contributed by atoms with E-state index in [1.54, 1.807) is 39.3 Å². The molecule has 2 aliphatic heterocycles. The molecule has 0 N–H and O–H groups in total. The first kappa shape index (κ1) is 22.1. The minimum atomic E-state index is -0.705. The van der Waals surface area contributed by atoms with Crippen molar-refractivity contribution in [2.45, 2.75) is 19.6 Å². The molecule has 0 saturated carbocycles. The smallest absolute Gasteiger partial charge is 0.267 e. The van der Waals surface area contributed by atoms with Crippen molar-refractivity contribution in [3.63, 3.8) is 0 Å². The van der Waals surface area contributed by atoms with Crippen molar-refractivity contribution < 1.29 is 19.1 Å². The van der Waals surface area contributed by atoms with Crippen molar-refractivity contribution in [2.75, 3.05) is 32.8 Å². The summed E-state index contributed by atoms with van der Waals surface area (Å²) < 4.78 is 12.7. The average molecular weight is 481 g/mol. The minimum absolute atomic E-state index is 0.138. The van der Waals surface area contributed by atoms with Crippen LogP contribution in [0.1, 0.15) is 4.88 Å². The van der Waals surface area contributed by atoms with Gasteiger partial charge in [-0.05, 0) is 37.3 Å². The first-order valence-electron chi connectivity index (χ1n) is 11.1. The number of carbonyl (C=O) groups is 2. The maximum Gasteiger partial charge on any atom is 0.267 e. The number of aryl methyl sites for hydroxylation is 1. The van der Waals surface area contributed by atoms with E-state index >= 15 is 0 Å². The maximum atomic E-state index is 12.9. The zero-order valence-electron chi connectivity index (χ0n) is 18.7. The molecule has 1 atom stereocenters. The number of rotatable bonds is 4. The highest BCUT2D eigenvalue weighted by atomic mass is 32.1. The van der Waals surface area contributed by atoms with Crippen LogP contribution in [0.15, 0.2) is 53.3 Å². The first-order chi connectivity index (χ1) is 16.5. The SMILES string of the molecule is Cc1ccc(-c2ccc(=O)n(CC(=O)N3CCN(C(=O)C4COc5ccccc5O4)CC3)n2)s1. The summed E-state index contributed by atoms with van der Waals surface area (Å²) in [6.07, 6.45) is -0.705. The van der Waals surface area contributed by atoms with Crippen LogP contribution in [-0.2, 0) is 16.1 Å². The molecule has 176 valence electrons. The van der Waals surface area contributed by atoms with E-state index in [0.29, 0.717) is 43.4 Å². The fourth-order valence-corrected chi connectivity index (χ4v) is 4.85. The number of thiophene rings is 1. The second-order valence-electron chi connectivity index (χ2n) is 8.20. The van der Waals surface area contributed by atoms with Gasteiger partial charge in [-0.25, -0.2) is 4.68 Å². The van der Waals surface area contributed by atoms with Gasteiger partial charge in [-0.1, -0.05) is 12.1 Å². The molecule has 1 fully saturated rings. The lowest BCUT2D eigenvalue weighted by Crippen LogP contribution is -2.55. The van der Waals surface area contributed by atoms with Crippen LogP contribution in [0.25, 0.3) is 10.6 Å². The number of hydrogen-bond donors (Lipinski definition) is 0. The molecular formula is C24H24N4O5S. The molecule has 34 heavy (non-hydrogen) atoms. The lowest BCUT2D eigenvalue weighted by atomic mass is 10.2. The third-order valence-corrected chi connectivity index (χ3v) is 6.90. The number of ether oxygens (including phenoxy) is 2. The van der Waals surface area contributed by atoms with Crippen molar-refractivity contribution in [3.8, 4) is 22.1 Å². The molecule has 0 radical (unpaired) electrons. The molecule has 0 bridgehead atoms. The number of piperazine rings is 1. The summed E-state index contributed by atoms with van der Waals surface area (Å²) in [6.45, 7) is 3.57. The van der Waals surface area contributed by atoms with Crippen molar-refractivity contribution in [3.05, 3.63) is 63.8 Å². The Labute approximate surface area is 200 Å². The van der Waals surface area contributed by atoms with Gasteiger partial charge < -0.3 is 19.3 Å². The third kappa shape index (κ3) is 4.54. The topological polar surface area (TPSA) is 94.0 Å². The monoisotopic (exact) mass is 480 g/mol. The molecule has 1 unspecified atom stereocenters. The summed E-state index contributed by atoms with van der Waals surface area (Å²) in [7, 11) is 0. The van der Waals surface area contributed by atoms with Gasteiger partial charge in [0.25, 0.3) is 11.5 Å². The van der Waals surface area contributed by atoms with Gasteiger partial charge in [0, 0.05) is 37.1 Å². The Morgan fingerprint density at radius 1 is 1.00 bits per heavy atom. The fourth-order valence-electron chi connectivity index (χ4n) is 4.02. The number of hydrogen-bond acceptors (Lipinski definition) is 7. The molecule has 0 aliphatic carbocycles. The normalized spacial score (nSPS) is 17.5. The van der Waals surface area contributed by atoms with E-state index in [2.05, 4.69) is 5.10 Å². The highest BCUT2D eigenvalue weighted by Crippen LogP contribution is 2.31. The van der Waals surface area contributed by atoms with Crippen LogP contribution in [0, 0.1) is 6.92 Å². The van der Waals surface area contributed by atoms with Crippen molar-refractivity contribution in [1.29, 1.82) is 0 Å². The molecule has 3 aromatic rings. The van der Waals surface area contributed by atoms with Gasteiger partial charge in [0.1, 0.15) is 18.8 Å². The highest BCUT2D eigenvalue weighted by Gasteiger charge is 2.33. The number of fused-ring (bicyclic) bond motifs is 1. The van der Waals surface area contributed by atoms with Crippen LogP contribution in [-0.4, -0.2) is 70.3 Å². The quantitative estimate of drug-likeness (QED) is 0.565. The van der Waals surface area contributed by atoms with Gasteiger partial charge in [0.05, 0.1) is 4.88 Å². The number of aromatic nitrogens is 2. The summed E-state index contributed by atoms with van der Waals surface area (Å²) in [5, 5.41) is 4.39. The minimum Gasteiger partial charge on any atom is -0.485 e. The fraction of sp³-hybridized carbons (Fsp3) is 0.333. The summed E-state index contributed by atoms with van der Waals surface area (Å²) in [6, 6.07) is 14.3. The van der Waals surface area contributed by atoms with Crippen LogP contribution >= 0.6 is 11.3 Å². The molecule has 2 aliphatic rings. The van der Waals surface area contributed by atoms with Crippen molar-refractivity contribution in [2.24, 2.45) is 0 Å². The van der Waals surface area contributed by atoms with E-state index in [0.717, 1.165) is 9.75 Å². The predicted molar refractivity (Wildman–Crippen MR) is 126 cm³/mol. The Hall–Kier alpha value is -3.66. The van der Waals surface area contributed by atoms with E-state index in [-0.39, 0.29) is 30.5 Å². The molecule has 0 spiro atoms. The molecule has 9 nitrogen and oxygen atoms in total. The van der Waals surface area contributed by atoms with E-state index in [9.17, 15) is 14.4 Å². The molecule has 4 heterocycles. The largest absolute Gasteiger partial charge is 0.485 e. The van der Waals surface area contributed by atoms with Crippen molar-refractivity contribution >= 4 is 23.2 Å². The predicted octanol–water partition coefficient (Wildman–Crippen LogP) is 1.79. The maximum absolute atomic E-state index is 12.9. The molecule has 5 rings (SSSR count). The third-order valence-electron chi connectivity index (χ3n) is 5.87. The standard InChI is InChI=1S/C24H24N4O5S/c1-16-6-8-21(34-16)17-7-9-22(29)28(25-17)14-23(30)26-10-12-27(13-11-26)24(31)20-15-32-18-4-2-3-5-19(18)33-20/h2-9,20H,10-15H2,1H3. The van der Waals surface area contributed by atoms with Crippen LogP contribution in [0.3, 0.4) is 0 Å². The van der Waals surface area contributed by atoms with E-state index in [1.165, 1.54) is 10.7 Å². The molecular weight excluding hydrogens is 456 g/mol. The van der Waals surface area contributed by atoms with Crippen LogP contribution in [0.2, 0.25) is 0 Å². The lowest BCUT2D eigenvalue weighted by Gasteiger charge is -2.37. The zero-order valence-corrected chi connectivity index (χ0v) is 19.5. The van der Waals surface area contributed by atoms with Gasteiger partial charge in [0.15, 0.2) is 11.5 Å². The van der Waals surface area contributed by atoms with E-state index in [1.807, 2.05) is 31.2 Å². The number of benzene rings is 1. The number of para-hydroxylation sites is 2. The Morgan fingerprint density at radius 2 is 1.74 bits per heavy atom. The van der Waals surface area contributed by atoms with Crippen molar-refractivity contribution in [1.82, 2.24) is 19.6 Å². The van der Waals surface area contributed by atoms with E-state index < -0.39 is 6.10 Å². The number of carbonyl (C=O) groups excluding carboxylic acids is 2. The van der Waals surface area contributed by atoms with Crippen LogP contribution < -0.4 is 15.0 Å². The molecule has 2 amide bonds. The second-order valence-corrected chi connectivity index (χ2v) is 9.48. The summed E-state index contributed by atoms with van der Waals surface area (Å²) in [4.78, 5) is 43.5. The summed E-state index contributed by atoms with van der Waals surface area (Å²) in [5.41, 5.74) is 0.339. The molecule has 1 aromatic carbocycles. The van der Waals surface area contributed by atoms with Gasteiger partial charge in [0.2, 0.25) is 12.0 Å². The average Bonchev–Trinajstić information content (AvgIpc) is 3.31. The van der Waals surface area contributed by atoms with Gasteiger partial charge in [-0.3, -0.25) is 14.4 Å². The number of nitrogens with zero attached hydrogens (tertiary/aromatic N) is 4. The highest BCUT2D eigenvalue weighted by molar-refractivity contribution is 7.15. The summed E-state index contributed by atoms with van der Waals surface area (Å²) in [5.74, 6) is 0.828. The van der Waals surface area contributed by atoms with Gasteiger partial charge >= 0.3 is 0 Å². The Bertz CT molecular complexity index is 1280. The summed E-state index contributed by atoms with van der Waals surface area (Å²) >= 11 is 1.58. The van der Waals surface area contributed by atoms with Crippen LogP contribution in [0.5, 0.6) is 11.5 Å². The van der Waals surface area contributed by atoms with Gasteiger partial charge in [-0.2, -0.15) is 5.10 Å². The second kappa shape index (κ2) is 9.30. The Kier molecular flexibility index (Phi) is 6.06. The first-order valence-corrected chi connectivity index (χ1v) is 11.9. The Balaban J connectivity index is 1.18. The molecule has 2 aromatic heterocycles. The molecule has 10 heteroatoms. The van der Waals surface area contributed by atoms with E-state index in [4.69, 9.17) is 9.47 Å². The lowest BCUT2D eigenvalue weighted by molar-refractivity contribution is -0.146. The zero-order chi connectivity index (χ0) is 23.7. The van der Waals surface area contributed by atoms with Gasteiger partial charge in [-0.15, -0.1) is 11.3 Å². The number of amides is 2. The van der Waals surface area contributed by atoms with Crippen LogP contribution in [0.4, 0.5) is 0 Å². The Morgan fingerprint density at radius 3 is 2.47 bits per heavy atom. The molecule has 1 saturated heterocycles.